The minimum absolute atomic E-state index is 0.0626. The number of ketones is 1. The van der Waals surface area contributed by atoms with E-state index < -0.39 is 31.1 Å². The zero-order valence-electron chi connectivity index (χ0n) is 14.2. The quantitative estimate of drug-likeness (QED) is 0.460. The van der Waals surface area contributed by atoms with Gasteiger partial charge in [-0.2, -0.15) is 0 Å². The van der Waals surface area contributed by atoms with Gasteiger partial charge in [-0.3, -0.25) is 19.3 Å². The molecule has 7 heteroatoms. The van der Waals surface area contributed by atoms with Crippen LogP contribution in [0, 0.1) is 20.8 Å². The molecule has 128 valence electrons. The second kappa shape index (κ2) is 6.82. The molecule has 1 fully saturated rings. The zero-order chi connectivity index (χ0) is 18.0. The molecular formula is C17H20N2O5. The molecule has 0 saturated carbocycles. The van der Waals surface area contributed by atoms with Gasteiger partial charge in [0, 0.05) is 12.6 Å². The topological polar surface area (TPSA) is 84.0 Å². The highest BCUT2D eigenvalue weighted by molar-refractivity contribution is 6.04. The first kappa shape index (κ1) is 17.7. The molecule has 1 heterocycles. The summed E-state index contributed by atoms with van der Waals surface area (Å²) in [5.41, 5.74) is 3.37. The van der Waals surface area contributed by atoms with Gasteiger partial charge >= 0.3 is 12.0 Å². The Morgan fingerprint density at radius 1 is 1.08 bits per heavy atom. The first-order valence-corrected chi connectivity index (χ1v) is 7.53. The summed E-state index contributed by atoms with van der Waals surface area (Å²) >= 11 is 0. The summed E-state index contributed by atoms with van der Waals surface area (Å²) in [5.74, 6) is -1.57. The molecular weight excluding hydrogens is 312 g/mol. The number of ether oxygens (including phenoxy) is 1. The largest absolute Gasteiger partial charge is 0.456 e. The average Bonchev–Trinajstić information content (AvgIpc) is 2.75. The van der Waals surface area contributed by atoms with Crippen molar-refractivity contribution in [2.24, 2.45) is 0 Å². The van der Waals surface area contributed by atoms with Crippen molar-refractivity contribution in [2.45, 2.75) is 20.8 Å². The lowest BCUT2D eigenvalue weighted by Crippen LogP contribution is -2.37. The minimum atomic E-state index is -0.790. The Morgan fingerprint density at radius 3 is 2.29 bits per heavy atom. The number of Topliss-reactive ketones (excluding diaryl/α,β-unsaturated/α-hetero) is 1. The predicted molar refractivity (Wildman–Crippen MR) is 85.7 cm³/mol. The maximum Gasteiger partial charge on any atom is 0.327 e. The van der Waals surface area contributed by atoms with Crippen molar-refractivity contribution in [2.75, 3.05) is 26.7 Å². The highest BCUT2D eigenvalue weighted by Crippen LogP contribution is 2.16. The molecule has 0 N–H and O–H groups in total. The van der Waals surface area contributed by atoms with Crippen LogP contribution in [-0.4, -0.2) is 60.2 Å². The van der Waals surface area contributed by atoms with Gasteiger partial charge in [0.1, 0.15) is 13.1 Å². The van der Waals surface area contributed by atoms with Crippen LogP contribution >= 0.6 is 0 Å². The normalized spacial score (nSPS) is 14.3. The van der Waals surface area contributed by atoms with Crippen LogP contribution in [0.15, 0.2) is 12.1 Å². The van der Waals surface area contributed by atoms with Crippen LogP contribution in [-0.2, 0) is 14.3 Å². The van der Waals surface area contributed by atoms with E-state index in [1.54, 1.807) is 6.07 Å². The first-order chi connectivity index (χ1) is 11.2. The lowest BCUT2D eigenvalue weighted by molar-refractivity contribution is -0.145. The molecule has 0 aliphatic carbocycles. The first-order valence-electron chi connectivity index (χ1n) is 7.53. The molecule has 0 atom stereocenters. The molecule has 1 aromatic carbocycles. The molecule has 1 aliphatic rings. The third-order valence-electron chi connectivity index (χ3n) is 4.02. The van der Waals surface area contributed by atoms with Gasteiger partial charge in [-0.15, -0.1) is 0 Å². The van der Waals surface area contributed by atoms with E-state index in [-0.39, 0.29) is 12.3 Å². The number of imide groups is 1. The van der Waals surface area contributed by atoms with Gasteiger partial charge in [0.05, 0.1) is 0 Å². The fraction of sp³-hybridized carbons (Fsp3) is 0.412. The van der Waals surface area contributed by atoms with Crippen LogP contribution in [0.4, 0.5) is 4.79 Å². The second-order valence-electron chi connectivity index (χ2n) is 5.95. The number of amides is 3. The van der Waals surface area contributed by atoms with E-state index >= 15 is 0 Å². The standard InChI is InChI=1S/C17H20N2O5/c1-10-5-12(3)13(6-11(10)2)14(20)9-24-16(22)8-19-15(21)7-18(4)17(19)23/h5-6H,7-9H2,1-4H3. The molecule has 0 unspecified atom stereocenters. The molecule has 0 spiro atoms. The number of benzene rings is 1. The van der Waals surface area contributed by atoms with E-state index in [1.807, 2.05) is 26.8 Å². The molecule has 1 aromatic rings. The van der Waals surface area contributed by atoms with Gasteiger partial charge in [-0.25, -0.2) is 4.79 Å². The summed E-state index contributed by atoms with van der Waals surface area (Å²) in [5, 5.41) is 0. The van der Waals surface area contributed by atoms with Gasteiger partial charge in [0.2, 0.25) is 5.78 Å². The summed E-state index contributed by atoms with van der Waals surface area (Å²) in [6.45, 7) is 4.71. The third-order valence-corrected chi connectivity index (χ3v) is 4.02. The number of esters is 1. The van der Waals surface area contributed by atoms with Crippen LogP contribution in [0.3, 0.4) is 0 Å². The zero-order valence-corrected chi connectivity index (χ0v) is 14.2. The molecule has 0 aromatic heterocycles. The number of nitrogens with zero attached hydrogens (tertiary/aromatic N) is 2. The van der Waals surface area contributed by atoms with E-state index in [2.05, 4.69) is 0 Å². The van der Waals surface area contributed by atoms with Crippen molar-refractivity contribution in [3.8, 4) is 0 Å². The van der Waals surface area contributed by atoms with Crippen molar-refractivity contribution in [3.63, 3.8) is 0 Å². The Morgan fingerprint density at radius 2 is 1.71 bits per heavy atom. The van der Waals surface area contributed by atoms with E-state index in [9.17, 15) is 19.2 Å². The number of carbonyl (C=O) groups is 4. The maximum atomic E-state index is 12.2. The number of hydrogen-bond acceptors (Lipinski definition) is 5. The van der Waals surface area contributed by atoms with E-state index in [4.69, 9.17) is 4.74 Å². The predicted octanol–water partition coefficient (Wildman–Crippen LogP) is 1.23. The van der Waals surface area contributed by atoms with Crippen molar-refractivity contribution < 1.29 is 23.9 Å². The number of rotatable bonds is 5. The molecule has 3 amide bonds. The molecule has 24 heavy (non-hydrogen) atoms. The minimum Gasteiger partial charge on any atom is -0.456 e. The maximum absolute atomic E-state index is 12.2. The van der Waals surface area contributed by atoms with E-state index in [0.29, 0.717) is 5.56 Å². The van der Waals surface area contributed by atoms with E-state index in [1.165, 1.54) is 11.9 Å². The van der Waals surface area contributed by atoms with Gasteiger partial charge in [0.25, 0.3) is 5.91 Å². The number of carbonyl (C=O) groups excluding carboxylic acids is 4. The highest BCUT2D eigenvalue weighted by atomic mass is 16.5. The van der Waals surface area contributed by atoms with Crippen molar-refractivity contribution in [1.29, 1.82) is 0 Å². The molecule has 7 nitrogen and oxygen atoms in total. The van der Waals surface area contributed by atoms with Crippen molar-refractivity contribution in [3.05, 3.63) is 34.4 Å². The lowest BCUT2D eigenvalue weighted by Gasteiger charge is -2.13. The molecule has 1 saturated heterocycles. The lowest BCUT2D eigenvalue weighted by atomic mass is 9.98. The fourth-order valence-corrected chi connectivity index (χ4v) is 2.48. The van der Waals surface area contributed by atoms with Crippen LogP contribution < -0.4 is 0 Å². The SMILES string of the molecule is Cc1cc(C)c(C(=O)COC(=O)CN2C(=O)CN(C)C2=O)cc1C. The van der Waals surface area contributed by atoms with Gasteiger partial charge in [-0.05, 0) is 43.5 Å². The van der Waals surface area contributed by atoms with Gasteiger partial charge in [0.15, 0.2) is 6.61 Å². The molecule has 0 bridgehead atoms. The summed E-state index contributed by atoms with van der Waals surface area (Å²) < 4.78 is 4.92. The smallest absolute Gasteiger partial charge is 0.327 e. The molecule has 0 radical (unpaired) electrons. The number of likely N-dealkylation sites (N-methyl/N-ethyl adjacent to an activating group) is 1. The Kier molecular flexibility index (Phi) is 5.02. The molecule has 1 aliphatic heterocycles. The van der Waals surface area contributed by atoms with E-state index in [0.717, 1.165) is 21.6 Å². The Bertz CT molecular complexity index is 726. The Balaban J connectivity index is 1.95. The Hall–Kier alpha value is -2.70. The fourth-order valence-electron chi connectivity index (χ4n) is 2.48. The summed E-state index contributed by atoms with van der Waals surface area (Å²) in [6, 6.07) is 3.12. The number of aryl methyl sites for hydroxylation is 3. The summed E-state index contributed by atoms with van der Waals surface area (Å²) in [7, 11) is 1.47. The monoisotopic (exact) mass is 332 g/mol. The van der Waals surface area contributed by atoms with Crippen LogP contribution in [0.1, 0.15) is 27.0 Å². The average molecular weight is 332 g/mol. The molecule has 2 rings (SSSR count). The third kappa shape index (κ3) is 3.61. The summed E-state index contributed by atoms with van der Waals surface area (Å²) in [4.78, 5) is 49.3. The van der Waals surface area contributed by atoms with Crippen LogP contribution in [0.25, 0.3) is 0 Å². The Labute approximate surface area is 140 Å². The summed E-state index contributed by atoms with van der Waals surface area (Å²) in [6.07, 6.45) is 0. The highest BCUT2D eigenvalue weighted by Gasteiger charge is 2.35. The van der Waals surface area contributed by atoms with Crippen molar-refractivity contribution >= 4 is 23.7 Å². The second-order valence-corrected chi connectivity index (χ2v) is 5.95. The number of urea groups is 1. The van der Waals surface area contributed by atoms with Crippen LogP contribution in [0.2, 0.25) is 0 Å². The van der Waals surface area contributed by atoms with Gasteiger partial charge < -0.3 is 9.64 Å². The van der Waals surface area contributed by atoms with Gasteiger partial charge in [-0.1, -0.05) is 6.07 Å². The van der Waals surface area contributed by atoms with Crippen LogP contribution in [0.5, 0.6) is 0 Å². The number of hydrogen-bond donors (Lipinski definition) is 0. The van der Waals surface area contributed by atoms with Crippen molar-refractivity contribution in [1.82, 2.24) is 9.80 Å².